The number of aromatic nitrogens is 1. The molecule has 18 heavy (non-hydrogen) atoms. The summed E-state index contributed by atoms with van der Waals surface area (Å²) in [6.07, 6.45) is 12.4. The summed E-state index contributed by atoms with van der Waals surface area (Å²) < 4.78 is 0. The van der Waals surface area contributed by atoms with Crippen molar-refractivity contribution in [2.45, 2.75) is 45.4 Å². The van der Waals surface area contributed by atoms with Crippen molar-refractivity contribution in [3.63, 3.8) is 0 Å². The summed E-state index contributed by atoms with van der Waals surface area (Å²) in [7, 11) is 0. The van der Waals surface area contributed by atoms with Gasteiger partial charge in [-0.25, -0.2) is 4.98 Å². The minimum atomic E-state index is 0.784. The van der Waals surface area contributed by atoms with Crippen LogP contribution in [-0.2, 0) is 0 Å². The van der Waals surface area contributed by atoms with Crippen LogP contribution in [0.1, 0.15) is 50.5 Å². The van der Waals surface area contributed by atoms with Gasteiger partial charge in [-0.2, -0.15) is 0 Å². The van der Waals surface area contributed by atoms with Crippen LogP contribution in [-0.4, -0.2) is 18.1 Å². The van der Waals surface area contributed by atoms with E-state index in [0.29, 0.717) is 0 Å². The minimum absolute atomic E-state index is 0.784. The molecule has 2 rings (SSSR count). The molecular formula is C15H24N2S. The van der Waals surface area contributed by atoms with Gasteiger partial charge in [0.25, 0.3) is 0 Å². The molecule has 0 radical (unpaired) electrons. The van der Waals surface area contributed by atoms with Crippen molar-refractivity contribution in [3.05, 3.63) is 22.2 Å². The molecule has 0 saturated heterocycles. The summed E-state index contributed by atoms with van der Waals surface area (Å²) in [5, 5.41) is 6.77. The molecule has 1 aromatic rings. The van der Waals surface area contributed by atoms with Gasteiger partial charge in [-0.15, -0.1) is 11.3 Å². The summed E-state index contributed by atoms with van der Waals surface area (Å²) >= 11 is 1.74. The molecule has 0 spiro atoms. The van der Waals surface area contributed by atoms with E-state index in [0.717, 1.165) is 24.0 Å². The first kappa shape index (κ1) is 13.8. The van der Waals surface area contributed by atoms with Gasteiger partial charge in [0, 0.05) is 18.1 Å². The Morgan fingerprint density at radius 3 is 2.94 bits per heavy atom. The SMILES string of the molecule is CCCNC/C(=C/c1nccs1)C1CCCCC1. The van der Waals surface area contributed by atoms with Crippen molar-refractivity contribution in [2.75, 3.05) is 13.1 Å². The van der Waals surface area contributed by atoms with Gasteiger partial charge in [0.1, 0.15) is 5.01 Å². The predicted molar refractivity (Wildman–Crippen MR) is 79.8 cm³/mol. The molecule has 1 N–H and O–H groups in total. The van der Waals surface area contributed by atoms with E-state index < -0.39 is 0 Å². The van der Waals surface area contributed by atoms with E-state index in [1.807, 2.05) is 6.20 Å². The van der Waals surface area contributed by atoms with Crippen LogP contribution in [0.4, 0.5) is 0 Å². The van der Waals surface area contributed by atoms with E-state index >= 15 is 0 Å². The van der Waals surface area contributed by atoms with Crippen molar-refractivity contribution in [2.24, 2.45) is 5.92 Å². The number of nitrogens with zero attached hydrogens (tertiary/aromatic N) is 1. The molecule has 1 fully saturated rings. The van der Waals surface area contributed by atoms with E-state index in [9.17, 15) is 0 Å². The van der Waals surface area contributed by atoms with Crippen molar-refractivity contribution in [1.29, 1.82) is 0 Å². The third kappa shape index (κ3) is 4.21. The van der Waals surface area contributed by atoms with E-state index in [1.165, 1.54) is 38.5 Å². The van der Waals surface area contributed by atoms with Crippen LogP contribution in [0.25, 0.3) is 6.08 Å². The van der Waals surface area contributed by atoms with Gasteiger partial charge in [-0.05, 0) is 37.8 Å². The number of rotatable bonds is 6. The van der Waals surface area contributed by atoms with E-state index in [-0.39, 0.29) is 0 Å². The summed E-state index contributed by atoms with van der Waals surface area (Å²) in [5.41, 5.74) is 1.57. The molecule has 2 nitrogen and oxygen atoms in total. The fraction of sp³-hybridized carbons (Fsp3) is 0.667. The average molecular weight is 264 g/mol. The normalized spacial score (nSPS) is 18.2. The molecule has 0 aliphatic heterocycles. The molecule has 0 aromatic carbocycles. The standard InChI is InChI=1S/C15H24N2S/c1-2-8-16-12-14(11-15-17-9-10-18-15)13-6-4-3-5-7-13/h9-11,13,16H,2-8,12H2,1H3/b14-11-. The highest BCUT2D eigenvalue weighted by atomic mass is 32.1. The van der Waals surface area contributed by atoms with Crippen LogP contribution < -0.4 is 5.32 Å². The molecule has 0 amide bonds. The van der Waals surface area contributed by atoms with Gasteiger partial charge >= 0.3 is 0 Å². The molecule has 1 aliphatic carbocycles. The van der Waals surface area contributed by atoms with E-state index in [2.05, 4.69) is 28.7 Å². The van der Waals surface area contributed by atoms with Crippen molar-refractivity contribution >= 4 is 17.4 Å². The number of hydrogen-bond donors (Lipinski definition) is 1. The highest BCUT2D eigenvalue weighted by Gasteiger charge is 2.17. The maximum Gasteiger partial charge on any atom is 0.116 e. The second-order valence-corrected chi connectivity index (χ2v) is 6.03. The highest BCUT2D eigenvalue weighted by Crippen LogP contribution is 2.30. The molecule has 100 valence electrons. The Kier molecular flexibility index (Phi) is 5.88. The lowest BCUT2D eigenvalue weighted by atomic mass is 9.83. The van der Waals surface area contributed by atoms with Crippen LogP contribution in [0.5, 0.6) is 0 Å². The summed E-state index contributed by atoms with van der Waals surface area (Å²) in [6, 6.07) is 0. The lowest BCUT2D eigenvalue weighted by Gasteiger charge is -2.24. The Morgan fingerprint density at radius 2 is 2.28 bits per heavy atom. The molecule has 0 atom stereocenters. The number of hydrogen-bond acceptors (Lipinski definition) is 3. The molecule has 3 heteroatoms. The summed E-state index contributed by atoms with van der Waals surface area (Å²) in [4.78, 5) is 4.39. The van der Waals surface area contributed by atoms with E-state index in [4.69, 9.17) is 0 Å². The molecule has 1 saturated carbocycles. The Labute approximate surface area is 115 Å². The molecule has 1 heterocycles. The van der Waals surface area contributed by atoms with E-state index in [1.54, 1.807) is 16.9 Å². The number of thiazole rings is 1. The largest absolute Gasteiger partial charge is 0.313 e. The van der Waals surface area contributed by atoms with Gasteiger partial charge in [0.05, 0.1) is 0 Å². The van der Waals surface area contributed by atoms with Crippen LogP contribution in [0, 0.1) is 5.92 Å². The fourth-order valence-electron chi connectivity index (χ4n) is 2.66. The summed E-state index contributed by atoms with van der Waals surface area (Å²) in [6.45, 7) is 4.37. The quantitative estimate of drug-likeness (QED) is 0.782. The Bertz CT molecular complexity index is 351. The number of nitrogens with one attached hydrogen (secondary N) is 1. The first-order valence-corrected chi connectivity index (χ1v) is 8.08. The van der Waals surface area contributed by atoms with Gasteiger partial charge < -0.3 is 5.32 Å². The minimum Gasteiger partial charge on any atom is -0.313 e. The molecule has 1 aromatic heterocycles. The van der Waals surface area contributed by atoms with Gasteiger partial charge in [0.2, 0.25) is 0 Å². The topological polar surface area (TPSA) is 24.9 Å². The molecule has 1 aliphatic rings. The van der Waals surface area contributed by atoms with Crippen LogP contribution >= 0.6 is 11.3 Å². The Hall–Kier alpha value is -0.670. The predicted octanol–water partition coefficient (Wildman–Crippen LogP) is 4.11. The third-order valence-corrected chi connectivity index (χ3v) is 4.37. The van der Waals surface area contributed by atoms with Gasteiger partial charge in [-0.1, -0.05) is 31.8 Å². The zero-order chi connectivity index (χ0) is 12.6. The van der Waals surface area contributed by atoms with Crippen molar-refractivity contribution in [3.8, 4) is 0 Å². The monoisotopic (exact) mass is 264 g/mol. The lowest BCUT2D eigenvalue weighted by Crippen LogP contribution is -2.22. The highest BCUT2D eigenvalue weighted by molar-refractivity contribution is 7.10. The first-order chi connectivity index (χ1) is 8.90. The maximum absolute atomic E-state index is 4.39. The molecule has 0 bridgehead atoms. The first-order valence-electron chi connectivity index (χ1n) is 7.21. The summed E-state index contributed by atoms with van der Waals surface area (Å²) in [5.74, 6) is 0.784. The fourth-order valence-corrected chi connectivity index (χ4v) is 3.26. The third-order valence-electron chi connectivity index (χ3n) is 3.65. The van der Waals surface area contributed by atoms with Crippen LogP contribution in [0.2, 0.25) is 0 Å². The zero-order valence-corrected chi connectivity index (χ0v) is 12.1. The second-order valence-electron chi connectivity index (χ2n) is 5.10. The average Bonchev–Trinajstić information content (AvgIpc) is 2.92. The van der Waals surface area contributed by atoms with Crippen molar-refractivity contribution < 1.29 is 0 Å². The molecule has 0 unspecified atom stereocenters. The maximum atomic E-state index is 4.39. The smallest absolute Gasteiger partial charge is 0.116 e. The zero-order valence-electron chi connectivity index (χ0n) is 11.3. The lowest BCUT2D eigenvalue weighted by molar-refractivity contribution is 0.396. The van der Waals surface area contributed by atoms with Crippen LogP contribution in [0.15, 0.2) is 17.2 Å². The van der Waals surface area contributed by atoms with Gasteiger partial charge in [-0.3, -0.25) is 0 Å². The van der Waals surface area contributed by atoms with Crippen LogP contribution in [0.3, 0.4) is 0 Å². The Morgan fingerprint density at radius 1 is 1.44 bits per heavy atom. The molecular weight excluding hydrogens is 240 g/mol. The second kappa shape index (κ2) is 7.70. The van der Waals surface area contributed by atoms with Gasteiger partial charge in [0.15, 0.2) is 0 Å². The Balaban J connectivity index is 2.01. The van der Waals surface area contributed by atoms with Crippen molar-refractivity contribution in [1.82, 2.24) is 10.3 Å².